The molecule has 1 heterocycles. The van der Waals surface area contributed by atoms with Crippen molar-refractivity contribution in [3.05, 3.63) is 47.0 Å². The van der Waals surface area contributed by atoms with Crippen molar-refractivity contribution in [3.63, 3.8) is 0 Å². The van der Waals surface area contributed by atoms with Gasteiger partial charge in [-0.2, -0.15) is 0 Å². The number of phenolic OH excluding ortho intramolecular Hbond substituents is 1. The Hall–Kier alpha value is -2.69. The Balaban J connectivity index is 1.52. The Kier molecular flexibility index (Phi) is 7.02. The van der Waals surface area contributed by atoms with Crippen LogP contribution in [0.3, 0.4) is 0 Å². The van der Waals surface area contributed by atoms with Crippen LogP contribution in [-0.2, 0) is 12.8 Å². The quantitative estimate of drug-likeness (QED) is 0.470. The molecule has 5 nitrogen and oxygen atoms in total. The average Bonchev–Trinajstić information content (AvgIpc) is 2.70. The van der Waals surface area contributed by atoms with Gasteiger partial charge >= 0.3 is 0 Å². The molecule has 156 valence electrons. The lowest BCUT2D eigenvalue weighted by Gasteiger charge is -2.23. The Morgan fingerprint density at radius 1 is 1.21 bits per heavy atom. The van der Waals surface area contributed by atoms with E-state index in [1.807, 2.05) is 19.1 Å². The highest BCUT2D eigenvalue weighted by molar-refractivity contribution is 5.97. The molecule has 0 fully saturated rings. The first-order chi connectivity index (χ1) is 14.0. The van der Waals surface area contributed by atoms with E-state index in [1.54, 1.807) is 12.1 Å². The molecule has 5 heteroatoms. The van der Waals surface area contributed by atoms with Crippen molar-refractivity contribution in [1.82, 2.24) is 0 Å². The van der Waals surface area contributed by atoms with Gasteiger partial charge in [-0.1, -0.05) is 13.3 Å². The SMILES string of the molecule is CCCc1c(OCCCOc2ccc3c(c2)CCC(C)O3)ccc(C(C)=O)c1O. The molecular weight excluding hydrogens is 368 g/mol. The maximum atomic E-state index is 11.6. The summed E-state index contributed by atoms with van der Waals surface area (Å²) >= 11 is 0. The normalized spacial score (nSPS) is 15.3. The molecule has 29 heavy (non-hydrogen) atoms. The van der Waals surface area contributed by atoms with E-state index >= 15 is 0 Å². The number of Topliss-reactive ketones (excluding diaryl/α,β-unsaturated/α-hetero) is 1. The molecule has 1 unspecified atom stereocenters. The van der Waals surface area contributed by atoms with Gasteiger partial charge in [-0.3, -0.25) is 4.79 Å². The van der Waals surface area contributed by atoms with Gasteiger partial charge in [0.15, 0.2) is 5.78 Å². The summed E-state index contributed by atoms with van der Waals surface area (Å²) < 4.78 is 17.6. The van der Waals surface area contributed by atoms with Crippen molar-refractivity contribution >= 4 is 5.78 Å². The van der Waals surface area contributed by atoms with Crippen LogP contribution in [0.15, 0.2) is 30.3 Å². The Labute approximate surface area is 172 Å². The van der Waals surface area contributed by atoms with Gasteiger partial charge in [0.2, 0.25) is 0 Å². The van der Waals surface area contributed by atoms with E-state index in [0.29, 0.717) is 42.9 Å². The van der Waals surface area contributed by atoms with Gasteiger partial charge in [0.1, 0.15) is 23.0 Å². The van der Waals surface area contributed by atoms with Crippen molar-refractivity contribution in [3.8, 4) is 23.0 Å². The molecule has 0 aliphatic carbocycles. The Morgan fingerprint density at radius 2 is 2.00 bits per heavy atom. The summed E-state index contributed by atoms with van der Waals surface area (Å²) in [6, 6.07) is 9.37. The van der Waals surface area contributed by atoms with Crippen LogP contribution in [0, 0.1) is 0 Å². The summed E-state index contributed by atoms with van der Waals surface area (Å²) in [6.07, 6.45) is 4.54. The summed E-state index contributed by atoms with van der Waals surface area (Å²) in [5.41, 5.74) is 2.24. The molecule has 0 amide bonds. The predicted molar refractivity (Wildman–Crippen MR) is 113 cm³/mol. The zero-order chi connectivity index (χ0) is 20.8. The summed E-state index contributed by atoms with van der Waals surface area (Å²) in [5, 5.41) is 10.4. The topological polar surface area (TPSA) is 65.0 Å². The lowest BCUT2D eigenvalue weighted by molar-refractivity contribution is 0.101. The van der Waals surface area contributed by atoms with E-state index in [1.165, 1.54) is 12.5 Å². The number of hydrogen-bond donors (Lipinski definition) is 1. The van der Waals surface area contributed by atoms with Crippen LogP contribution >= 0.6 is 0 Å². The summed E-state index contributed by atoms with van der Waals surface area (Å²) in [7, 11) is 0. The number of carbonyl (C=O) groups excluding carboxylic acids is 1. The second-order valence-corrected chi connectivity index (χ2v) is 7.53. The van der Waals surface area contributed by atoms with Crippen LogP contribution in [0.5, 0.6) is 23.0 Å². The molecule has 0 aromatic heterocycles. The maximum absolute atomic E-state index is 11.6. The minimum absolute atomic E-state index is 0.0405. The average molecular weight is 398 g/mol. The monoisotopic (exact) mass is 398 g/mol. The van der Waals surface area contributed by atoms with Gasteiger partial charge < -0.3 is 19.3 Å². The summed E-state index contributed by atoms with van der Waals surface area (Å²) in [5.74, 6) is 2.33. The number of ether oxygens (including phenoxy) is 3. The lowest BCUT2D eigenvalue weighted by Crippen LogP contribution is -2.18. The van der Waals surface area contributed by atoms with E-state index in [0.717, 1.165) is 30.8 Å². The molecule has 1 aliphatic rings. The van der Waals surface area contributed by atoms with E-state index in [-0.39, 0.29) is 17.6 Å². The third-order valence-corrected chi connectivity index (χ3v) is 5.11. The highest BCUT2D eigenvalue weighted by Crippen LogP contribution is 2.33. The highest BCUT2D eigenvalue weighted by Gasteiger charge is 2.17. The van der Waals surface area contributed by atoms with E-state index in [9.17, 15) is 9.90 Å². The molecule has 2 aromatic rings. The van der Waals surface area contributed by atoms with Crippen LogP contribution in [0.2, 0.25) is 0 Å². The second kappa shape index (κ2) is 9.68. The smallest absolute Gasteiger partial charge is 0.163 e. The minimum atomic E-state index is -0.148. The molecular formula is C24H30O5. The second-order valence-electron chi connectivity index (χ2n) is 7.53. The van der Waals surface area contributed by atoms with Crippen molar-refractivity contribution in [2.75, 3.05) is 13.2 Å². The fourth-order valence-electron chi connectivity index (χ4n) is 3.55. The molecule has 0 bridgehead atoms. The van der Waals surface area contributed by atoms with Crippen molar-refractivity contribution < 1.29 is 24.1 Å². The molecule has 0 saturated carbocycles. The number of carbonyl (C=O) groups is 1. The number of hydrogen-bond acceptors (Lipinski definition) is 5. The largest absolute Gasteiger partial charge is 0.507 e. The fourth-order valence-corrected chi connectivity index (χ4v) is 3.55. The number of ketones is 1. The van der Waals surface area contributed by atoms with E-state index < -0.39 is 0 Å². The standard InChI is InChI=1S/C24H30O5/c1-4-6-21-23(12-10-20(17(3)25)24(21)26)28-14-5-13-27-19-9-11-22-18(15-19)8-7-16(2)29-22/h9-12,15-16,26H,4-8,13-14H2,1-3H3. The Bertz CT molecular complexity index is 859. The third kappa shape index (κ3) is 5.22. The van der Waals surface area contributed by atoms with Gasteiger partial charge in [-0.25, -0.2) is 0 Å². The fraction of sp³-hybridized carbons (Fsp3) is 0.458. The van der Waals surface area contributed by atoms with Crippen LogP contribution in [0.1, 0.15) is 61.5 Å². The molecule has 1 atom stereocenters. The predicted octanol–water partition coefficient (Wildman–Crippen LogP) is 5.11. The molecule has 1 N–H and O–H groups in total. The maximum Gasteiger partial charge on any atom is 0.163 e. The minimum Gasteiger partial charge on any atom is -0.507 e. The summed E-state index contributed by atoms with van der Waals surface area (Å²) in [4.78, 5) is 11.6. The number of phenols is 1. The first-order valence-electron chi connectivity index (χ1n) is 10.4. The van der Waals surface area contributed by atoms with Gasteiger partial charge in [0.05, 0.1) is 24.9 Å². The van der Waals surface area contributed by atoms with Crippen molar-refractivity contribution in [2.45, 2.75) is 59.0 Å². The molecule has 1 aliphatic heterocycles. The number of benzene rings is 2. The molecule has 2 aromatic carbocycles. The van der Waals surface area contributed by atoms with E-state index in [2.05, 4.69) is 13.0 Å². The van der Waals surface area contributed by atoms with Crippen LogP contribution in [0.4, 0.5) is 0 Å². The molecule has 0 spiro atoms. The van der Waals surface area contributed by atoms with E-state index in [4.69, 9.17) is 14.2 Å². The van der Waals surface area contributed by atoms with Crippen molar-refractivity contribution in [1.29, 1.82) is 0 Å². The first kappa shape index (κ1) is 21.0. The molecule has 0 radical (unpaired) electrons. The number of aromatic hydroxyl groups is 1. The number of rotatable bonds is 9. The van der Waals surface area contributed by atoms with Crippen molar-refractivity contribution in [2.24, 2.45) is 0 Å². The highest BCUT2D eigenvalue weighted by atomic mass is 16.5. The summed E-state index contributed by atoms with van der Waals surface area (Å²) in [6.45, 7) is 6.59. The number of aryl methyl sites for hydroxylation is 1. The Morgan fingerprint density at radius 3 is 2.76 bits per heavy atom. The van der Waals surface area contributed by atoms with Gasteiger partial charge in [0.25, 0.3) is 0 Å². The van der Waals surface area contributed by atoms with Crippen LogP contribution in [-0.4, -0.2) is 30.2 Å². The molecule has 3 rings (SSSR count). The molecule has 0 saturated heterocycles. The van der Waals surface area contributed by atoms with Gasteiger partial charge in [-0.15, -0.1) is 0 Å². The third-order valence-electron chi connectivity index (χ3n) is 5.11. The zero-order valence-corrected chi connectivity index (χ0v) is 17.5. The number of fused-ring (bicyclic) bond motifs is 1. The van der Waals surface area contributed by atoms with Gasteiger partial charge in [-0.05, 0) is 69.0 Å². The first-order valence-corrected chi connectivity index (χ1v) is 10.4. The van der Waals surface area contributed by atoms with Crippen LogP contribution < -0.4 is 14.2 Å². The zero-order valence-electron chi connectivity index (χ0n) is 17.5. The lowest BCUT2D eigenvalue weighted by atomic mass is 10.0. The van der Waals surface area contributed by atoms with Gasteiger partial charge in [0, 0.05) is 12.0 Å². The van der Waals surface area contributed by atoms with Crippen LogP contribution in [0.25, 0.3) is 0 Å².